The van der Waals surface area contributed by atoms with Gasteiger partial charge in [-0.3, -0.25) is 4.79 Å². The maximum atomic E-state index is 13.1. The van der Waals surface area contributed by atoms with E-state index < -0.39 is 0 Å². The van der Waals surface area contributed by atoms with Crippen LogP contribution in [0.4, 0.5) is 4.79 Å². The van der Waals surface area contributed by atoms with Crippen molar-refractivity contribution in [1.82, 2.24) is 9.80 Å². The second-order valence-corrected chi connectivity index (χ2v) is 12.1. The predicted octanol–water partition coefficient (Wildman–Crippen LogP) is 8.48. The van der Waals surface area contributed by atoms with Gasteiger partial charge < -0.3 is 14.5 Å². The lowest BCUT2D eigenvalue weighted by atomic mass is 9.95. The van der Waals surface area contributed by atoms with E-state index in [9.17, 15) is 9.59 Å². The summed E-state index contributed by atoms with van der Waals surface area (Å²) in [6, 6.07) is 7.83. The molecule has 0 heterocycles. The van der Waals surface area contributed by atoms with E-state index in [0.29, 0.717) is 37.1 Å². The molecule has 0 N–H and O–H groups in total. The molecule has 1 rings (SSSR count). The van der Waals surface area contributed by atoms with E-state index in [4.69, 9.17) is 4.74 Å². The minimum atomic E-state index is -0.307. The van der Waals surface area contributed by atoms with Crippen molar-refractivity contribution in [2.24, 2.45) is 0 Å². The van der Waals surface area contributed by atoms with Crippen LogP contribution in [0.1, 0.15) is 103 Å². The van der Waals surface area contributed by atoms with Crippen LogP contribution in [0.5, 0.6) is 5.75 Å². The highest BCUT2D eigenvalue weighted by atomic mass is 32.2. The second kappa shape index (κ2) is 22.5. The first-order valence-corrected chi connectivity index (χ1v) is 17.6. The Balaban J connectivity index is 2.49. The van der Waals surface area contributed by atoms with Gasteiger partial charge in [0.2, 0.25) is 5.91 Å². The molecule has 2 amide bonds. The minimum Gasteiger partial charge on any atom is -0.410 e. The number of nitrogens with zero attached hydrogens (tertiary/aromatic N) is 2. The summed E-state index contributed by atoms with van der Waals surface area (Å²) >= 11 is 3.84. The fourth-order valence-corrected chi connectivity index (χ4v) is 5.55. The van der Waals surface area contributed by atoms with Crippen LogP contribution in [-0.2, 0) is 4.79 Å². The molecule has 0 saturated heterocycles. The van der Waals surface area contributed by atoms with Crippen molar-refractivity contribution in [3.8, 4) is 5.75 Å². The molecule has 1 aromatic rings. The third-order valence-corrected chi connectivity index (χ3v) is 8.50. The standard InChI is InChI=1S/C31H54N2O3S2/c1-6-32(7-2)31(35)36-29-21-19-28(20-22-29)27(3)17-16-18-30(34)33(23-12-8-10-14-25-37-4)24-13-9-11-15-26-38-5/h19-22,27H,6-18,23-26H2,1-5H3. The monoisotopic (exact) mass is 566 g/mol. The van der Waals surface area contributed by atoms with Crippen molar-refractivity contribution in [3.63, 3.8) is 0 Å². The van der Waals surface area contributed by atoms with Gasteiger partial charge >= 0.3 is 6.09 Å². The molecule has 1 atom stereocenters. The van der Waals surface area contributed by atoms with Gasteiger partial charge in [-0.25, -0.2) is 4.79 Å². The maximum absolute atomic E-state index is 13.1. The van der Waals surface area contributed by atoms with Crippen LogP contribution in [0.25, 0.3) is 0 Å². The van der Waals surface area contributed by atoms with E-state index >= 15 is 0 Å². The fourth-order valence-electron chi connectivity index (χ4n) is 4.56. The number of unbranched alkanes of at least 4 members (excludes halogenated alkanes) is 6. The van der Waals surface area contributed by atoms with Gasteiger partial charge in [0, 0.05) is 32.6 Å². The summed E-state index contributed by atoms with van der Waals surface area (Å²) < 4.78 is 5.49. The Morgan fingerprint density at radius 1 is 0.763 bits per heavy atom. The molecule has 1 unspecified atom stereocenters. The third kappa shape index (κ3) is 15.3. The number of benzene rings is 1. The molecular weight excluding hydrogens is 512 g/mol. The number of amides is 2. The summed E-state index contributed by atoms with van der Waals surface area (Å²) in [6.45, 7) is 9.19. The molecule has 0 radical (unpaired) electrons. The number of carbonyl (C=O) groups is 2. The summed E-state index contributed by atoms with van der Waals surface area (Å²) in [4.78, 5) is 29.1. The van der Waals surface area contributed by atoms with Crippen LogP contribution in [0.3, 0.4) is 0 Å². The Hall–Kier alpha value is -1.34. The van der Waals surface area contributed by atoms with Crippen molar-refractivity contribution in [3.05, 3.63) is 29.8 Å². The highest BCUT2D eigenvalue weighted by Gasteiger charge is 2.15. The number of hydrogen-bond acceptors (Lipinski definition) is 5. The Kier molecular flexibility index (Phi) is 20.5. The molecule has 38 heavy (non-hydrogen) atoms. The van der Waals surface area contributed by atoms with Gasteiger partial charge in [-0.15, -0.1) is 0 Å². The summed E-state index contributed by atoms with van der Waals surface area (Å²) in [5, 5.41) is 0. The largest absolute Gasteiger partial charge is 0.415 e. The van der Waals surface area contributed by atoms with Crippen molar-refractivity contribution >= 4 is 35.5 Å². The normalized spacial score (nSPS) is 11.8. The van der Waals surface area contributed by atoms with Crippen LogP contribution >= 0.6 is 23.5 Å². The average Bonchev–Trinajstić information content (AvgIpc) is 2.92. The predicted molar refractivity (Wildman–Crippen MR) is 168 cm³/mol. The maximum Gasteiger partial charge on any atom is 0.415 e. The SMILES string of the molecule is CCN(CC)C(=O)Oc1ccc(C(C)CCCC(=O)N(CCCCCCSC)CCCCCCSC)cc1. The van der Waals surface area contributed by atoms with Crippen molar-refractivity contribution in [2.75, 3.05) is 50.2 Å². The molecule has 0 aromatic heterocycles. The highest BCUT2D eigenvalue weighted by Crippen LogP contribution is 2.24. The van der Waals surface area contributed by atoms with E-state index in [1.807, 2.05) is 61.6 Å². The van der Waals surface area contributed by atoms with Crippen LogP contribution < -0.4 is 4.74 Å². The van der Waals surface area contributed by atoms with Crippen molar-refractivity contribution in [1.29, 1.82) is 0 Å². The van der Waals surface area contributed by atoms with E-state index in [0.717, 1.165) is 38.8 Å². The Labute approximate surface area is 242 Å². The Morgan fingerprint density at radius 3 is 1.79 bits per heavy atom. The van der Waals surface area contributed by atoms with Gasteiger partial charge in [0.05, 0.1) is 0 Å². The van der Waals surface area contributed by atoms with Gasteiger partial charge in [0.25, 0.3) is 0 Å². The first kappa shape index (κ1) is 34.7. The average molecular weight is 567 g/mol. The molecule has 0 aliphatic carbocycles. The van der Waals surface area contributed by atoms with E-state index in [2.05, 4.69) is 24.3 Å². The zero-order chi connectivity index (χ0) is 28.0. The van der Waals surface area contributed by atoms with Gasteiger partial charge in [-0.2, -0.15) is 23.5 Å². The summed E-state index contributed by atoms with van der Waals surface area (Å²) in [6.07, 6.45) is 16.3. The lowest BCUT2D eigenvalue weighted by Crippen LogP contribution is -2.33. The smallest absolute Gasteiger partial charge is 0.410 e. The van der Waals surface area contributed by atoms with E-state index in [-0.39, 0.29) is 6.09 Å². The van der Waals surface area contributed by atoms with Crippen LogP contribution in [-0.4, -0.2) is 72.0 Å². The Morgan fingerprint density at radius 2 is 1.29 bits per heavy atom. The zero-order valence-corrected chi connectivity index (χ0v) is 26.5. The topological polar surface area (TPSA) is 49.9 Å². The molecule has 218 valence electrons. The molecule has 0 aliphatic heterocycles. The lowest BCUT2D eigenvalue weighted by Gasteiger charge is -2.23. The molecule has 7 heteroatoms. The van der Waals surface area contributed by atoms with Gasteiger partial charge in [-0.05, 0) is 100 Å². The number of carbonyl (C=O) groups excluding carboxylic acids is 2. The first-order valence-electron chi connectivity index (χ1n) is 14.8. The first-order chi connectivity index (χ1) is 18.5. The van der Waals surface area contributed by atoms with Gasteiger partial charge in [0.15, 0.2) is 0 Å². The highest BCUT2D eigenvalue weighted by molar-refractivity contribution is 7.98. The van der Waals surface area contributed by atoms with Crippen molar-refractivity contribution in [2.45, 2.75) is 97.3 Å². The molecule has 0 saturated carbocycles. The van der Waals surface area contributed by atoms with Crippen molar-refractivity contribution < 1.29 is 14.3 Å². The van der Waals surface area contributed by atoms with Gasteiger partial charge in [-0.1, -0.05) is 44.7 Å². The summed E-state index contributed by atoms with van der Waals surface area (Å²) in [5.41, 5.74) is 1.22. The molecular formula is C31H54N2O3S2. The number of ether oxygens (including phenoxy) is 1. The fraction of sp³-hybridized carbons (Fsp3) is 0.742. The number of thioether (sulfide) groups is 2. The molecule has 0 aliphatic rings. The third-order valence-electron chi connectivity index (χ3n) is 7.11. The molecule has 0 bridgehead atoms. The number of rotatable bonds is 22. The molecule has 5 nitrogen and oxygen atoms in total. The van der Waals surface area contributed by atoms with Gasteiger partial charge in [0.1, 0.15) is 5.75 Å². The zero-order valence-electron chi connectivity index (χ0n) is 24.8. The number of hydrogen-bond donors (Lipinski definition) is 0. The molecule has 1 aromatic carbocycles. The molecule has 0 fully saturated rings. The van der Waals surface area contributed by atoms with E-state index in [1.54, 1.807) is 4.90 Å². The summed E-state index contributed by atoms with van der Waals surface area (Å²) in [7, 11) is 0. The van der Waals surface area contributed by atoms with Crippen LogP contribution in [0.15, 0.2) is 24.3 Å². The quantitative estimate of drug-likeness (QED) is 0.132. The van der Waals surface area contributed by atoms with Crippen LogP contribution in [0, 0.1) is 0 Å². The lowest BCUT2D eigenvalue weighted by molar-refractivity contribution is -0.131. The Bertz CT molecular complexity index is 725. The summed E-state index contributed by atoms with van der Waals surface area (Å²) in [5.74, 6) is 3.73. The van der Waals surface area contributed by atoms with Crippen LogP contribution in [0.2, 0.25) is 0 Å². The molecule has 0 spiro atoms. The minimum absolute atomic E-state index is 0.307. The second-order valence-electron chi connectivity index (χ2n) is 10.1. The van der Waals surface area contributed by atoms with E-state index in [1.165, 1.54) is 55.6 Å².